The van der Waals surface area contributed by atoms with Crippen molar-refractivity contribution in [1.82, 2.24) is 25.4 Å². The minimum atomic E-state index is 0.0502. The molecular weight excluding hydrogens is 364 g/mol. The summed E-state index contributed by atoms with van der Waals surface area (Å²) in [6.45, 7) is 9.81. The Morgan fingerprint density at radius 3 is 2.45 bits per heavy atom. The highest BCUT2D eigenvalue weighted by Gasteiger charge is 2.26. The first-order valence-electron chi connectivity index (χ1n) is 10.5. The van der Waals surface area contributed by atoms with Gasteiger partial charge < -0.3 is 20.3 Å². The normalized spacial score (nSPS) is 13.4. The van der Waals surface area contributed by atoms with Crippen LogP contribution in [0.2, 0.25) is 0 Å². The molecule has 1 unspecified atom stereocenters. The van der Waals surface area contributed by atoms with Crippen LogP contribution in [0.15, 0.2) is 35.3 Å². The van der Waals surface area contributed by atoms with E-state index in [0.29, 0.717) is 6.54 Å². The number of aliphatic imine (C=N–C) groups is 1. The van der Waals surface area contributed by atoms with Crippen LogP contribution in [0, 0.1) is 12.3 Å². The van der Waals surface area contributed by atoms with Gasteiger partial charge in [0, 0.05) is 20.2 Å². The van der Waals surface area contributed by atoms with Gasteiger partial charge in [0.1, 0.15) is 12.4 Å². The summed E-state index contributed by atoms with van der Waals surface area (Å²) >= 11 is 0. The van der Waals surface area contributed by atoms with Gasteiger partial charge in [0.25, 0.3) is 0 Å². The van der Waals surface area contributed by atoms with Gasteiger partial charge in [-0.2, -0.15) is 0 Å². The Labute approximate surface area is 174 Å². The Balaban J connectivity index is 2.17. The Hall–Kier alpha value is -2.41. The number of aliphatic hydroxyl groups excluding tert-OH is 1. The minimum absolute atomic E-state index is 0.0502. The number of aromatic nitrogens is 3. The second-order valence-corrected chi connectivity index (χ2v) is 7.70. The van der Waals surface area contributed by atoms with Crippen molar-refractivity contribution in [2.24, 2.45) is 17.5 Å². The summed E-state index contributed by atoms with van der Waals surface area (Å²) < 4.78 is 1.95. The summed E-state index contributed by atoms with van der Waals surface area (Å²) in [5.74, 6) is 2.43. The van der Waals surface area contributed by atoms with Gasteiger partial charge in [-0.1, -0.05) is 44.2 Å². The SMILES string of the molecule is CCC(CC)(CCO)CNC(=NCc1nnc(C)n1C)NC(C)c1ccccc1. The van der Waals surface area contributed by atoms with Crippen molar-refractivity contribution in [1.29, 1.82) is 0 Å². The molecule has 0 fully saturated rings. The molecule has 2 rings (SSSR count). The fourth-order valence-electron chi connectivity index (χ4n) is 3.37. The lowest BCUT2D eigenvalue weighted by Crippen LogP contribution is -2.44. The molecule has 0 aliphatic carbocycles. The molecule has 1 aromatic heterocycles. The van der Waals surface area contributed by atoms with Gasteiger partial charge in [0.05, 0.1) is 6.04 Å². The quantitative estimate of drug-likeness (QED) is 0.421. The zero-order valence-electron chi connectivity index (χ0n) is 18.4. The van der Waals surface area contributed by atoms with Gasteiger partial charge in [-0.15, -0.1) is 10.2 Å². The largest absolute Gasteiger partial charge is 0.396 e. The molecule has 29 heavy (non-hydrogen) atoms. The maximum Gasteiger partial charge on any atom is 0.192 e. The molecule has 0 aliphatic heterocycles. The van der Waals surface area contributed by atoms with E-state index >= 15 is 0 Å². The average molecular weight is 401 g/mol. The van der Waals surface area contributed by atoms with Gasteiger partial charge in [0.2, 0.25) is 0 Å². The van der Waals surface area contributed by atoms with Crippen LogP contribution in [0.25, 0.3) is 0 Å². The molecule has 3 N–H and O–H groups in total. The van der Waals surface area contributed by atoms with Crippen LogP contribution in [-0.2, 0) is 13.6 Å². The number of aryl methyl sites for hydroxylation is 1. The Bertz CT molecular complexity index is 767. The van der Waals surface area contributed by atoms with Crippen LogP contribution in [0.4, 0.5) is 0 Å². The number of rotatable bonds is 10. The van der Waals surface area contributed by atoms with Crippen LogP contribution < -0.4 is 10.6 Å². The molecule has 7 heteroatoms. The van der Waals surface area contributed by atoms with E-state index in [1.807, 2.05) is 36.7 Å². The molecule has 160 valence electrons. The van der Waals surface area contributed by atoms with E-state index in [2.05, 4.69) is 53.7 Å². The summed E-state index contributed by atoms with van der Waals surface area (Å²) in [5, 5.41) is 24.9. The first-order chi connectivity index (χ1) is 13.9. The first kappa shape index (κ1) is 22.9. The predicted molar refractivity (Wildman–Crippen MR) is 118 cm³/mol. The molecule has 1 atom stereocenters. The maximum atomic E-state index is 9.52. The van der Waals surface area contributed by atoms with Crippen LogP contribution in [-0.4, -0.2) is 39.0 Å². The lowest BCUT2D eigenvalue weighted by Gasteiger charge is -2.32. The first-order valence-corrected chi connectivity index (χ1v) is 10.5. The average Bonchev–Trinajstić information content (AvgIpc) is 3.07. The fraction of sp³-hybridized carbons (Fsp3) is 0.591. The standard InChI is InChI=1S/C22H36N6O/c1-6-22(7-2,13-14-29)16-24-21(23-15-20-27-26-18(4)28(20)5)25-17(3)19-11-9-8-10-12-19/h8-12,17,29H,6-7,13-16H2,1-5H3,(H2,23,24,25). The van der Waals surface area contributed by atoms with E-state index in [0.717, 1.165) is 43.4 Å². The summed E-state index contributed by atoms with van der Waals surface area (Å²) in [5.41, 5.74) is 1.25. The highest BCUT2D eigenvalue weighted by molar-refractivity contribution is 5.80. The predicted octanol–water partition coefficient (Wildman–Crippen LogP) is 3.11. The molecule has 1 heterocycles. The number of aliphatic hydroxyl groups is 1. The summed E-state index contributed by atoms with van der Waals surface area (Å²) in [6, 6.07) is 10.4. The maximum absolute atomic E-state index is 9.52. The fourth-order valence-corrected chi connectivity index (χ4v) is 3.37. The smallest absolute Gasteiger partial charge is 0.192 e. The van der Waals surface area contributed by atoms with Crippen molar-refractivity contribution in [3.63, 3.8) is 0 Å². The second kappa shape index (κ2) is 11.0. The molecule has 0 radical (unpaired) electrons. The summed E-state index contributed by atoms with van der Waals surface area (Å²) in [4.78, 5) is 4.77. The van der Waals surface area contributed by atoms with Gasteiger partial charge in [-0.25, -0.2) is 4.99 Å². The number of hydrogen-bond donors (Lipinski definition) is 3. The van der Waals surface area contributed by atoms with Crippen molar-refractivity contribution < 1.29 is 5.11 Å². The van der Waals surface area contributed by atoms with E-state index < -0.39 is 0 Å². The highest BCUT2D eigenvalue weighted by Crippen LogP contribution is 2.29. The van der Waals surface area contributed by atoms with Crippen molar-refractivity contribution >= 4 is 5.96 Å². The van der Waals surface area contributed by atoms with E-state index in [1.165, 1.54) is 5.56 Å². The third-order valence-corrected chi connectivity index (χ3v) is 5.99. The lowest BCUT2D eigenvalue weighted by atomic mass is 9.79. The van der Waals surface area contributed by atoms with Crippen molar-refractivity contribution in [2.45, 2.75) is 59.5 Å². The number of hydrogen-bond acceptors (Lipinski definition) is 4. The molecule has 2 aromatic rings. The minimum Gasteiger partial charge on any atom is -0.396 e. The second-order valence-electron chi connectivity index (χ2n) is 7.70. The van der Waals surface area contributed by atoms with E-state index in [-0.39, 0.29) is 18.1 Å². The van der Waals surface area contributed by atoms with Crippen molar-refractivity contribution in [3.8, 4) is 0 Å². The third-order valence-electron chi connectivity index (χ3n) is 5.99. The molecule has 0 bridgehead atoms. The summed E-state index contributed by atoms with van der Waals surface area (Å²) in [7, 11) is 1.95. The van der Waals surface area contributed by atoms with Gasteiger partial charge in [-0.05, 0) is 44.1 Å². The molecule has 0 spiro atoms. The number of nitrogens with one attached hydrogen (secondary N) is 2. The highest BCUT2D eigenvalue weighted by atomic mass is 16.3. The van der Waals surface area contributed by atoms with Crippen LogP contribution in [0.5, 0.6) is 0 Å². The van der Waals surface area contributed by atoms with Gasteiger partial charge in [-0.3, -0.25) is 0 Å². The summed E-state index contributed by atoms with van der Waals surface area (Å²) in [6.07, 6.45) is 2.78. The van der Waals surface area contributed by atoms with E-state index in [4.69, 9.17) is 4.99 Å². The number of guanidine groups is 1. The van der Waals surface area contributed by atoms with Crippen LogP contribution in [0.1, 0.15) is 63.3 Å². The molecule has 1 aromatic carbocycles. The molecular formula is C22H36N6O. The van der Waals surface area contributed by atoms with Gasteiger partial charge in [0.15, 0.2) is 11.8 Å². The molecule has 0 amide bonds. The molecule has 0 aliphatic rings. The Morgan fingerprint density at radius 2 is 1.90 bits per heavy atom. The Kier molecular flexibility index (Phi) is 8.64. The third kappa shape index (κ3) is 6.29. The van der Waals surface area contributed by atoms with E-state index in [1.54, 1.807) is 0 Å². The molecule has 0 saturated carbocycles. The lowest BCUT2D eigenvalue weighted by molar-refractivity contribution is 0.169. The number of benzene rings is 1. The van der Waals surface area contributed by atoms with Crippen LogP contribution in [0.3, 0.4) is 0 Å². The van der Waals surface area contributed by atoms with Gasteiger partial charge >= 0.3 is 0 Å². The monoisotopic (exact) mass is 400 g/mol. The van der Waals surface area contributed by atoms with Crippen molar-refractivity contribution in [2.75, 3.05) is 13.2 Å². The topological polar surface area (TPSA) is 87.4 Å². The molecule has 0 saturated heterocycles. The van der Waals surface area contributed by atoms with Crippen LogP contribution >= 0.6 is 0 Å². The Morgan fingerprint density at radius 1 is 1.21 bits per heavy atom. The number of nitrogens with zero attached hydrogens (tertiary/aromatic N) is 4. The molecule has 7 nitrogen and oxygen atoms in total. The van der Waals surface area contributed by atoms with E-state index in [9.17, 15) is 5.11 Å². The zero-order valence-corrected chi connectivity index (χ0v) is 18.4. The van der Waals surface area contributed by atoms with Crippen molar-refractivity contribution in [3.05, 3.63) is 47.5 Å². The zero-order chi connectivity index (χ0) is 21.3.